The van der Waals surface area contributed by atoms with Gasteiger partial charge in [-0.3, -0.25) is 9.89 Å². The van der Waals surface area contributed by atoms with E-state index in [9.17, 15) is 18.7 Å². The molecule has 3 saturated carbocycles. The first-order chi connectivity index (χ1) is 16.5. The normalized spacial score (nSPS) is 23.9. The van der Waals surface area contributed by atoms with E-state index in [1.807, 2.05) is 17.5 Å². The third-order valence-corrected chi connectivity index (χ3v) is 7.89. The van der Waals surface area contributed by atoms with Gasteiger partial charge in [0.15, 0.2) is 17.3 Å². The average Bonchev–Trinajstić information content (AvgIpc) is 3.50. The molecule has 34 heavy (non-hydrogen) atoms. The van der Waals surface area contributed by atoms with Gasteiger partial charge in [0.25, 0.3) is 5.95 Å². The van der Waals surface area contributed by atoms with Crippen LogP contribution < -0.4 is 5.32 Å². The van der Waals surface area contributed by atoms with Crippen LogP contribution in [0.2, 0.25) is 0 Å². The Labute approximate surface area is 196 Å². The molecule has 174 valence electrons. The van der Waals surface area contributed by atoms with E-state index in [2.05, 4.69) is 30.5 Å². The number of pyridine rings is 1. The van der Waals surface area contributed by atoms with Gasteiger partial charge < -0.3 is 10.4 Å². The van der Waals surface area contributed by atoms with Crippen molar-refractivity contribution in [2.45, 2.75) is 31.7 Å². The van der Waals surface area contributed by atoms with Gasteiger partial charge in [-0.05, 0) is 55.0 Å². The summed E-state index contributed by atoms with van der Waals surface area (Å²) in [6.45, 7) is 0. The molecule has 4 heterocycles. The van der Waals surface area contributed by atoms with Crippen LogP contribution in [-0.2, 0) is 4.79 Å². The van der Waals surface area contributed by atoms with E-state index in [1.54, 1.807) is 6.07 Å². The van der Waals surface area contributed by atoms with Crippen molar-refractivity contribution >= 4 is 34.2 Å². The second-order valence-electron chi connectivity index (χ2n) is 8.88. The van der Waals surface area contributed by atoms with Crippen LogP contribution in [0.25, 0.3) is 33.1 Å². The lowest BCUT2D eigenvalue weighted by Gasteiger charge is -2.47. The van der Waals surface area contributed by atoms with Crippen LogP contribution in [0, 0.1) is 29.5 Å². The van der Waals surface area contributed by atoms with Crippen molar-refractivity contribution < 1.29 is 18.7 Å². The topological polar surface area (TPSA) is 117 Å². The zero-order chi connectivity index (χ0) is 23.4. The largest absolute Gasteiger partial charge is 0.481 e. The van der Waals surface area contributed by atoms with Crippen molar-refractivity contribution in [2.75, 3.05) is 5.32 Å². The quantitative estimate of drug-likeness (QED) is 0.352. The summed E-state index contributed by atoms with van der Waals surface area (Å²) in [5.74, 6) is -2.47. The first kappa shape index (κ1) is 21.1. The molecule has 4 aromatic heterocycles. The SMILES string of the molecule is O=C(O)[C@H]1C2CCC(CC2)[C@@H]1Nc1cc(-c2cccs2)nc(-c2[nH]nc3nc(F)c(F)cc23)n1. The molecule has 0 unspecified atom stereocenters. The minimum Gasteiger partial charge on any atom is -0.481 e. The number of carboxylic acid groups (broad SMARTS) is 1. The highest BCUT2D eigenvalue weighted by molar-refractivity contribution is 7.13. The van der Waals surface area contributed by atoms with Crippen LogP contribution in [0.5, 0.6) is 0 Å². The Morgan fingerprint density at radius 2 is 1.91 bits per heavy atom. The molecule has 0 radical (unpaired) electrons. The number of carboxylic acids is 1. The number of hydrogen-bond donors (Lipinski definition) is 3. The fraction of sp³-hybridized carbons (Fsp3) is 0.348. The van der Waals surface area contributed by atoms with Crippen LogP contribution in [-0.4, -0.2) is 42.3 Å². The lowest BCUT2D eigenvalue weighted by Crippen LogP contribution is -2.51. The molecule has 7 rings (SSSR count). The molecular weight excluding hydrogens is 462 g/mol. The van der Waals surface area contributed by atoms with Crippen molar-refractivity contribution in [3.8, 4) is 22.1 Å². The summed E-state index contributed by atoms with van der Waals surface area (Å²) in [4.78, 5) is 25.8. The van der Waals surface area contributed by atoms with Crippen LogP contribution in [0.4, 0.5) is 14.6 Å². The van der Waals surface area contributed by atoms with Crippen LogP contribution in [0.1, 0.15) is 25.7 Å². The predicted molar refractivity (Wildman–Crippen MR) is 122 cm³/mol. The summed E-state index contributed by atoms with van der Waals surface area (Å²) in [6.07, 6.45) is 3.85. The molecule has 0 spiro atoms. The molecular formula is C23H20F2N6O2S. The zero-order valence-corrected chi connectivity index (χ0v) is 18.6. The van der Waals surface area contributed by atoms with Gasteiger partial charge in [0.1, 0.15) is 11.5 Å². The maximum atomic E-state index is 13.9. The number of aliphatic carboxylic acids is 1. The summed E-state index contributed by atoms with van der Waals surface area (Å²) in [5.41, 5.74) is 0.959. The minimum absolute atomic E-state index is 0.0177. The lowest BCUT2D eigenvalue weighted by molar-refractivity contribution is -0.148. The van der Waals surface area contributed by atoms with Gasteiger partial charge in [-0.15, -0.1) is 11.3 Å². The molecule has 3 aliphatic rings. The van der Waals surface area contributed by atoms with Crippen molar-refractivity contribution in [2.24, 2.45) is 17.8 Å². The van der Waals surface area contributed by atoms with Crippen molar-refractivity contribution in [1.82, 2.24) is 25.1 Å². The van der Waals surface area contributed by atoms with E-state index in [0.29, 0.717) is 17.2 Å². The molecule has 0 aliphatic heterocycles. The molecule has 8 nitrogen and oxygen atoms in total. The average molecular weight is 483 g/mol. The molecule has 4 aromatic rings. The number of H-pyrrole nitrogens is 1. The van der Waals surface area contributed by atoms with Gasteiger partial charge in [-0.1, -0.05) is 6.07 Å². The van der Waals surface area contributed by atoms with Gasteiger partial charge in [-0.2, -0.15) is 14.5 Å². The van der Waals surface area contributed by atoms with E-state index >= 15 is 0 Å². The monoisotopic (exact) mass is 482 g/mol. The Hall–Kier alpha value is -3.47. The summed E-state index contributed by atoms with van der Waals surface area (Å²) in [5, 5.41) is 22.3. The number of nitrogens with one attached hydrogen (secondary N) is 2. The van der Waals surface area contributed by atoms with Gasteiger partial charge in [0.2, 0.25) is 0 Å². The first-order valence-electron chi connectivity index (χ1n) is 11.1. The summed E-state index contributed by atoms with van der Waals surface area (Å²) >= 11 is 1.50. The van der Waals surface area contributed by atoms with E-state index in [1.165, 1.54) is 11.3 Å². The van der Waals surface area contributed by atoms with Crippen LogP contribution in [0.3, 0.4) is 0 Å². The number of aromatic nitrogens is 5. The van der Waals surface area contributed by atoms with E-state index < -0.39 is 23.7 Å². The maximum absolute atomic E-state index is 13.9. The molecule has 2 atom stereocenters. The number of carbonyl (C=O) groups is 1. The zero-order valence-electron chi connectivity index (χ0n) is 17.8. The van der Waals surface area contributed by atoms with E-state index in [0.717, 1.165) is 36.6 Å². The molecule has 3 aliphatic carbocycles. The number of thiophene rings is 1. The molecule has 0 aromatic carbocycles. The number of hydrogen-bond acceptors (Lipinski definition) is 7. The highest BCUT2D eigenvalue weighted by atomic mass is 32.1. The lowest BCUT2D eigenvalue weighted by atomic mass is 9.61. The fourth-order valence-corrected chi connectivity index (χ4v) is 6.12. The summed E-state index contributed by atoms with van der Waals surface area (Å²) < 4.78 is 27.5. The molecule has 2 bridgehead atoms. The molecule has 0 amide bonds. The standard InChI is InChI=1S/C23H20F2N6O2S/c24-13-8-12-19(30-31-21(12)29-20(13)25)22-26-14(15-2-1-7-34-15)9-16(28-22)27-18-11-5-3-10(4-6-11)17(18)23(32)33/h1-2,7-11,17-18H,3-6H2,(H,32,33)(H,26,27,28)(H,29,30,31)/t10?,11?,17-,18-/m0/s1. The number of rotatable bonds is 5. The van der Waals surface area contributed by atoms with E-state index in [4.69, 9.17) is 0 Å². The number of aromatic amines is 1. The molecule has 0 saturated heterocycles. The number of nitrogens with zero attached hydrogens (tertiary/aromatic N) is 4. The van der Waals surface area contributed by atoms with Crippen molar-refractivity contribution in [3.63, 3.8) is 0 Å². The van der Waals surface area contributed by atoms with Crippen molar-refractivity contribution in [3.05, 3.63) is 41.4 Å². The van der Waals surface area contributed by atoms with Crippen LogP contribution in [0.15, 0.2) is 29.6 Å². The Balaban J connectivity index is 1.45. The van der Waals surface area contributed by atoms with Gasteiger partial charge in [-0.25, -0.2) is 14.4 Å². The smallest absolute Gasteiger partial charge is 0.308 e. The Kier molecular flexibility index (Phi) is 5.01. The Morgan fingerprint density at radius 1 is 1.12 bits per heavy atom. The first-order valence-corrected chi connectivity index (χ1v) is 12.0. The highest BCUT2D eigenvalue weighted by Crippen LogP contribution is 2.46. The minimum atomic E-state index is -1.23. The Morgan fingerprint density at radius 3 is 2.65 bits per heavy atom. The van der Waals surface area contributed by atoms with Gasteiger partial charge >= 0.3 is 5.97 Å². The number of fused-ring (bicyclic) bond motifs is 4. The third kappa shape index (κ3) is 3.51. The fourth-order valence-electron chi connectivity index (χ4n) is 5.43. The summed E-state index contributed by atoms with van der Waals surface area (Å²) in [6, 6.07) is 6.41. The second-order valence-corrected chi connectivity index (χ2v) is 9.83. The molecule has 11 heteroatoms. The highest BCUT2D eigenvalue weighted by Gasteiger charge is 2.47. The van der Waals surface area contributed by atoms with E-state index in [-0.39, 0.29) is 34.7 Å². The Bertz CT molecular complexity index is 1380. The summed E-state index contributed by atoms with van der Waals surface area (Å²) in [7, 11) is 0. The van der Waals surface area contributed by atoms with Crippen molar-refractivity contribution in [1.29, 1.82) is 0 Å². The van der Waals surface area contributed by atoms with Crippen LogP contribution >= 0.6 is 11.3 Å². The van der Waals surface area contributed by atoms with Gasteiger partial charge in [0, 0.05) is 12.1 Å². The molecule has 3 fully saturated rings. The second kappa shape index (κ2) is 8.08. The van der Waals surface area contributed by atoms with Gasteiger partial charge in [0.05, 0.1) is 21.9 Å². The predicted octanol–water partition coefficient (Wildman–Crippen LogP) is 4.72. The molecule has 3 N–H and O–H groups in total. The maximum Gasteiger partial charge on any atom is 0.308 e. The number of anilines is 1. The number of halogens is 2. The third-order valence-electron chi connectivity index (χ3n) is 7.00.